The fourth-order valence-corrected chi connectivity index (χ4v) is 4.66. The van der Waals surface area contributed by atoms with Crippen LogP contribution in [0.5, 0.6) is 0 Å². The highest BCUT2D eigenvalue weighted by Crippen LogP contribution is 2.29. The number of aromatic nitrogens is 2. The monoisotopic (exact) mass is 343 g/mol. The zero-order valence-corrected chi connectivity index (χ0v) is 14.7. The third-order valence-corrected chi connectivity index (χ3v) is 6.61. The molecule has 1 fully saturated rings. The first-order valence-corrected chi connectivity index (χ1v) is 10.9. The quantitative estimate of drug-likeness (QED) is 0.625. The van der Waals surface area contributed by atoms with Crippen molar-refractivity contribution in [2.45, 2.75) is 57.0 Å². The Morgan fingerprint density at radius 2 is 2.13 bits per heavy atom. The summed E-state index contributed by atoms with van der Waals surface area (Å²) in [5.41, 5.74) is 4.81. The third-order valence-electron chi connectivity index (χ3n) is 3.95. The van der Waals surface area contributed by atoms with Crippen LogP contribution in [-0.2, 0) is 9.16 Å². The van der Waals surface area contributed by atoms with Crippen LogP contribution in [0.4, 0.5) is 5.82 Å². The summed E-state index contributed by atoms with van der Waals surface area (Å²) >= 11 is 0. The maximum absolute atomic E-state index is 11.9. The highest BCUT2D eigenvalue weighted by atomic mass is 28.4. The van der Waals surface area contributed by atoms with E-state index in [4.69, 9.17) is 14.9 Å². The van der Waals surface area contributed by atoms with Crippen molar-refractivity contribution < 1.29 is 19.4 Å². The molecule has 1 aliphatic rings. The van der Waals surface area contributed by atoms with E-state index in [1.807, 2.05) is 0 Å². The van der Waals surface area contributed by atoms with Gasteiger partial charge in [-0.15, -0.1) is 0 Å². The first-order chi connectivity index (χ1) is 10.7. The lowest BCUT2D eigenvalue weighted by Gasteiger charge is -2.25. The number of aliphatic hydroxyl groups excluding tert-OH is 2. The number of aliphatic hydroxyl groups is 2. The van der Waals surface area contributed by atoms with Gasteiger partial charge in [-0.2, -0.15) is 4.98 Å². The van der Waals surface area contributed by atoms with Crippen molar-refractivity contribution in [1.29, 1.82) is 0 Å². The lowest BCUT2D eigenvalue weighted by Crippen LogP contribution is -2.39. The highest BCUT2D eigenvalue weighted by molar-refractivity contribution is 6.71. The van der Waals surface area contributed by atoms with Crippen molar-refractivity contribution in [1.82, 2.24) is 9.55 Å². The molecule has 4 unspecified atom stereocenters. The zero-order valence-electron chi connectivity index (χ0n) is 13.7. The Balaban J connectivity index is 2.07. The van der Waals surface area contributed by atoms with E-state index in [2.05, 4.69) is 25.0 Å². The molecule has 9 heteroatoms. The number of hydrogen-bond acceptors (Lipinski definition) is 7. The van der Waals surface area contributed by atoms with Gasteiger partial charge in [0.05, 0.1) is 6.61 Å². The Labute approximate surface area is 136 Å². The summed E-state index contributed by atoms with van der Waals surface area (Å²) in [6, 6.07) is 2.44. The van der Waals surface area contributed by atoms with Gasteiger partial charge in [0.15, 0.2) is 14.5 Å². The molecule has 4 N–H and O–H groups in total. The Morgan fingerprint density at radius 3 is 2.74 bits per heavy atom. The Morgan fingerprint density at radius 1 is 1.43 bits per heavy atom. The SMILES string of the molecule is CCC[Si](C)(C)OCC1OC(n2ccc(N)nc2=O)C(O)C1O. The van der Waals surface area contributed by atoms with Crippen molar-refractivity contribution in [3.05, 3.63) is 22.7 Å². The topological polar surface area (TPSA) is 120 Å². The summed E-state index contributed by atoms with van der Waals surface area (Å²) in [5.74, 6) is 0.0893. The summed E-state index contributed by atoms with van der Waals surface area (Å²) in [6.07, 6.45) is -1.63. The van der Waals surface area contributed by atoms with E-state index in [9.17, 15) is 15.0 Å². The van der Waals surface area contributed by atoms with Crippen LogP contribution in [0, 0.1) is 0 Å². The third kappa shape index (κ3) is 4.18. The molecule has 1 aromatic rings. The molecule has 0 saturated carbocycles. The minimum atomic E-state index is -1.81. The number of anilines is 1. The number of rotatable bonds is 6. The molecule has 130 valence electrons. The summed E-state index contributed by atoms with van der Waals surface area (Å²) < 4.78 is 12.7. The molecular formula is C14H25N3O5Si. The van der Waals surface area contributed by atoms with Crippen molar-refractivity contribution in [3.8, 4) is 0 Å². The normalized spacial score (nSPS) is 28.2. The lowest BCUT2D eigenvalue weighted by atomic mass is 10.1. The first-order valence-electron chi connectivity index (χ1n) is 7.75. The van der Waals surface area contributed by atoms with Gasteiger partial charge >= 0.3 is 5.69 Å². The fraction of sp³-hybridized carbons (Fsp3) is 0.714. The summed E-state index contributed by atoms with van der Waals surface area (Å²) in [7, 11) is -1.81. The van der Waals surface area contributed by atoms with Gasteiger partial charge in [-0.1, -0.05) is 13.3 Å². The number of nitrogen functional groups attached to an aromatic ring is 1. The molecule has 4 atom stereocenters. The largest absolute Gasteiger partial charge is 0.415 e. The van der Waals surface area contributed by atoms with E-state index in [-0.39, 0.29) is 12.4 Å². The van der Waals surface area contributed by atoms with E-state index in [1.165, 1.54) is 12.3 Å². The van der Waals surface area contributed by atoms with Crippen LogP contribution >= 0.6 is 0 Å². The van der Waals surface area contributed by atoms with Gasteiger partial charge in [0.25, 0.3) is 0 Å². The second-order valence-electron chi connectivity index (χ2n) is 6.41. The maximum Gasteiger partial charge on any atom is 0.351 e. The predicted octanol–water partition coefficient (Wildman–Crippen LogP) is 0.0764. The van der Waals surface area contributed by atoms with Crippen LogP contribution in [0.1, 0.15) is 19.6 Å². The molecule has 0 aliphatic carbocycles. The van der Waals surface area contributed by atoms with Gasteiger partial charge in [-0.05, 0) is 25.2 Å². The van der Waals surface area contributed by atoms with Gasteiger partial charge in [0.2, 0.25) is 0 Å². The van der Waals surface area contributed by atoms with Crippen molar-refractivity contribution >= 4 is 14.1 Å². The Bertz CT molecular complexity index is 594. The Hall–Kier alpha value is -1.26. The molecule has 0 aromatic carbocycles. The molecule has 1 saturated heterocycles. The summed E-state index contributed by atoms with van der Waals surface area (Å²) in [6.45, 7) is 6.48. The molecule has 0 radical (unpaired) electrons. The van der Waals surface area contributed by atoms with E-state index in [0.717, 1.165) is 17.0 Å². The van der Waals surface area contributed by atoms with Gasteiger partial charge < -0.3 is 25.1 Å². The second-order valence-corrected chi connectivity index (χ2v) is 10.7. The second kappa shape index (κ2) is 7.10. The summed E-state index contributed by atoms with van der Waals surface area (Å²) in [5, 5.41) is 20.3. The number of nitrogens with two attached hydrogens (primary N) is 1. The minimum absolute atomic E-state index is 0.0893. The van der Waals surface area contributed by atoms with Crippen LogP contribution in [0.25, 0.3) is 0 Å². The van der Waals surface area contributed by atoms with Gasteiger partial charge in [-0.3, -0.25) is 4.57 Å². The number of nitrogens with zero attached hydrogens (tertiary/aromatic N) is 2. The molecular weight excluding hydrogens is 318 g/mol. The highest BCUT2D eigenvalue weighted by Gasteiger charge is 2.44. The Kier molecular flexibility index (Phi) is 5.58. The van der Waals surface area contributed by atoms with Gasteiger partial charge in [0, 0.05) is 6.20 Å². The molecule has 2 rings (SSSR count). The standard InChI is InChI=1S/C14H25N3O5Si/c1-4-7-23(2,3)21-8-9-11(18)12(19)13(22-9)17-6-5-10(15)16-14(17)20/h5-6,9,11-13,18-19H,4,7-8H2,1-3H3,(H2,15,16,20). The van der Waals surface area contributed by atoms with Crippen molar-refractivity contribution in [3.63, 3.8) is 0 Å². The average molecular weight is 343 g/mol. The van der Waals surface area contributed by atoms with E-state index in [1.54, 1.807) is 0 Å². The molecule has 0 spiro atoms. The smallest absolute Gasteiger partial charge is 0.351 e. The van der Waals surface area contributed by atoms with E-state index < -0.39 is 38.5 Å². The zero-order chi connectivity index (χ0) is 17.2. The predicted molar refractivity (Wildman–Crippen MR) is 87.4 cm³/mol. The fourth-order valence-electron chi connectivity index (χ4n) is 2.70. The van der Waals surface area contributed by atoms with Gasteiger partial charge in [-0.25, -0.2) is 4.79 Å². The molecule has 23 heavy (non-hydrogen) atoms. The van der Waals surface area contributed by atoms with Crippen LogP contribution in [0.2, 0.25) is 19.1 Å². The van der Waals surface area contributed by atoms with Crippen LogP contribution in [0.15, 0.2) is 17.1 Å². The molecule has 0 bridgehead atoms. The van der Waals surface area contributed by atoms with Crippen molar-refractivity contribution in [2.24, 2.45) is 0 Å². The van der Waals surface area contributed by atoms with E-state index in [0.29, 0.717) is 0 Å². The van der Waals surface area contributed by atoms with Crippen molar-refractivity contribution in [2.75, 3.05) is 12.3 Å². The van der Waals surface area contributed by atoms with Crippen LogP contribution in [0.3, 0.4) is 0 Å². The molecule has 8 nitrogen and oxygen atoms in total. The maximum atomic E-state index is 11.9. The number of ether oxygens (including phenoxy) is 1. The molecule has 1 aromatic heterocycles. The lowest BCUT2D eigenvalue weighted by molar-refractivity contribution is -0.0526. The molecule has 1 aliphatic heterocycles. The first kappa shape index (κ1) is 18.1. The number of hydrogen-bond donors (Lipinski definition) is 3. The molecule has 0 amide bonds. The van der Waals surface area contributed by atoms with E-state index >= 15 is 0 Å². The van der Waals surface area contributed by atoms with Crippen LogP contribution < -0.4 is 11.4 Å². The molecule has 2 heterocycles. The minimum Gasteiger partial charge on any atom is -0.415 e. The average Bonchev–Trinajstić information content (AvgIpc) is 2.73. The summed E-state index contributed by atoms with van der Waals surface area (Å²) in [4.78, 5) is 15.5. The van der Waals surface area contributed by atoms with Gasteiger partial charge in [0.1, 0.15) is 24.1 Å². The van der Waals surface area contributed by atoms with Crippen LogP contribution in [-0.4, -0.2) is 53.0 Å².